The Kier molecular flexibility index (Phi) is 7.39. The van der Waals surface area contributed by atoms with E-state index in [0.717, 1.165) is 42.4 Å². The van der Waals surface area contributed by atoms with Gasteiger partial charge in [-0.15, -0.1) is 11.3 Å². The van der Waals surface area contributed by atoms with E-state index in [2.05, 4.69) is 12.2 Å². The van der Waals surface area contributed by atoms with Gasteiger partial charge in [0.15, 0.2) is 0 Å². The number of esters is 1. The van der Waals surface area contributed by atoms with Crippen molar-refractivity contribution < 1.29 is 14.3 Å². The minimum Gasteiger partial charge on any atom is -0.465 e. The molecule has 0 aliphatic heterocycles. The number of hydrogen-bond acceptors (Lipinski definition) is 4. The van der Waals surface area contributed by atoms with Gasteiger partial charge >= 0.3 is 5.97 Å². The van der Waals surface area contributed by atoms with Crippen LogP contribution in [0.15, 0.2) is 29.6 Å². The van der Waals surface area contributed by atoms with Gasteiger partial charge in [-0.3, -0.25) is 4.79 Å². The lowest BCUT2D eigenvalue weighted by molar-refractivity contribution is -0.120. The average molecular weight is 374 g/mol. The molecule has 0 aliphatic rings. The molecule has 1 atom stereocenters. The molecule has 1 N–H and O–H groups in total. The highest BCUT2D eigenvalue weighted by Gasteiger charge is 2.24. The number of unbranched alkanes of at least 4 members (excludes halogenated alkanes) is 1. The molecule has 5 heteroatoms. The van der Waals surface area contributed by atoms with Gasteiger partial charge in [0.1, 0.15) is 10.6 Å². The van der Waals surface area contributed by atoms with Gasteiger partial charge in [-0.25, -0.2) is 4.79 Å². The Morgan fingerprint density at radius 1 is 1.19 bits per heavy atom. The van der Waals surface area contributed by atoms with E-state index in [0.29, 0.717) is 10.6 Å². The van der Waals surface area contributed by atoms with Gasteiger partial charge < -0.3 is 10.1 Å². The Bertz CT molecular complexity index is 749. The third kappa shape index (κ3) is 4.73. The molecule has 1 amide bonds. The molecule has 2 rings (SSSR count). The van der Waals surface area contributed by atoms with Crippen molar-refractivity contribution in [2.75, 3.05) is 12.4 Å². The van der Waals surface area contributed by atoms with E-state index < -0.39 is 5.97 Å². The summed E-state index contributed by atoms with van der Waals surface area (Å²) in [5, 5.41) is 5.43. The minimum atomic E-state index is -0.432. The highest BCUT2D eigenvalue weighted by molar-refractivity contribution is 7.15. The number of amides is 1. The smallest absolute Gasteiger partial charge is 0.341 e. The predicted molar refractivity (Wildman–Crippen MR) is 108 cm³/mol. The molecule has 1 unspecified atom stereocenters. The monoisotopic (exact) mass is 373 g/mol. The Morgan fingerprint density at radius 3 is 2.46 bits per heavy atom. The van der Waals surface area contributed by atoms with Gasteiger partial charge in [-0.1, -0.05) is 56.5 Å². The number of hydrogen-bond donors (Lipinski definition) is 1. The Labute approximate surface area is 159 Å². The molecule has 0 spiro atoms. The second-order valence-electron chi connectivity index (χ2n) is 6.45. The number of benzene rings is 1. The van der Waals surface area contributed by atoms with E-state index in [1.807, 2.05) is 43.5 Å². The van der Waals surface area contributed by atoms with Gasteiger partial charge in [0.2, 0.25) is 5.91 Å². The van der Waals surface area contributed by atoms with E-state index in [4.69, 9.17) is 4.74 Å². The van der Waals surface area contributed by atoms with Crippen molar-refractivity contribution in [1.82, 2.24) is 0 Å². The molecule has 0 bridgehead atoms. The number of rotatable bonds is 8. The molecule has 140 valence electrons. The van der Waals surface area contributed by atoms with Crippen LogP contribution >= 0.6 is 11.3 Å². The highest BCUT2D eigenvalue weighted by atomic mass is 32.1. The van der Waals surface area contributed by atoms with E-state index in [-0.39, 0.29) is 11.8 Å². The standard InChI is InChI=1S/C21H27NO3S/c1-5-7-8-15(6-2)19(23)22-20-18(21(24)25-4)17(13-26-20)16-11-9-14(3)10-12-16/h9-13,15H,5-8H2,1-4H3,(H,22,23). The van der Waals surface area contributed by atoms with Crippen LogP contribution in [0.1, 0.15) is 55.5 Å². The molecular weight excluding hydrogens is 346 g/mol. The molecule has 0 saturated heterocycles. The maximum absolute atomic E-state index is 12.6. The fraction of sp³-hybridized carbons (Fsp3) is 0.429. The Morgan fingerprint density at radius 2 is 1.88 bits per heavy atom. The molecule has 2 aromatic rings. The zero-order chi connectivity index (χ0) is 19.1. The van der Waals surface area contributed by atoms with E-state index in [1.165, 1.54) is 18.4 Å². The zero-order valence-electron chi connectivity index (χ0n) is 15.9. The van der Waals surface area contributed by atoms with Gasteiger partial charge in [-0.05, 0) is 25.3 Å². The SMILES string of the molecule is CCCCC(CC)C(=O)Nc1scc(-c2ccc(C)cc2)c1C(=O)OC. The van der Waals surface area contributed by atoms with Crippen LogP contribution in [0.3, 0.4) is 0 Å². The number of methoxy groups -OCH3 is 1. The molecule has 0 radical (unpaired) electrons. The third-order valence-corrected chi connectivity index (χ3v) is 5.45. The van der Waals surface area contributed by atoms with Gasteiger partial charge in [0.25, 0.3) is 0 Å². The Balaban J connectivity index is 2.32. The number of ether oxygens (including phenoxy) is 1. The summed E-state index contributed by atoms with van der Waals surface area (Å²) in [7, 11) is 1.36. The summed E-state index contributed by atoms with van der Waals surface area (Å²) < 4.78 is 4.97. The van der Waals surface area contributed by atoms with Crippen LogP contribution in [-0.2, 0) is 9.53 Å². The van der Waals surface area contributed by atoms with Crippen molar-refractivity contribution in [2.45, 2.75) is 46.5 Å². The number of thiophene rings is 1. The van der Waals surface area contributed by atoms with E-state index in [9.17, 15) is 9.59 Å². The second-order valence-corrected chi connectivity index (χ2v) is 7.33. The van der Waals surface area contributed by atoms with Crippen molar-refractivity contribution in [2.24, 2.45) is 5.92 Å². The molecule has 1 heterocycles. The molecule has 0 saturated carbocycles. The van der Waals surface area contributed by atoms with Crippen molar-refractivity contribution in [3.63, 3.8) is 0 Å². The Hall–Kier alpha value is -2.14. The molecule has 0 fully saturated rings. The van der Waals surface area contributed by atoms with Crippen LogP contribution in [0.25, 0.3) is 11.1 Å². The number of carbonyl (C=O) groups is 2. The van der Waals surface area contributed by atoms with Crippen LogP contribution in [0.4, 0.5) is 5.00 Å². The van der Waals surface area contributed by atoms with Crippen molar-refractivity contribution in [3.05, 3.63) is 40.8 Å². The average Bonchev–Trinajstić information content (AvgIpc) is 3.05. The highest BCUT2D eigenvalue weighted by Crippen LogP contribution is 2.36. The summed E-state index contributed by atoms with van der Waals surface area (Å²) in [4.78, 5) is 25.0. The zero-order valence-corrected chi connectivity index (χ0v) is 16.7. The summed E-state index contributed by atoms with van der Waals surface area (Å²) in [6, 6.07) is 7.96. The lowest BCUT2D eigenvalue weighted by atomic mass is 9.98. The van der Waals surface area contributed by atoms with Crippen molar-refractivity contribution in [3.8, 4) is 11.1 Å². The first kappa shape index (κ1) is 20.2. The fourth-order valence-corrected chi connectivity index (χ4v) is 3.85. The predicted octanol–water partition coefficient (Wildman–Crippen LogP) is 5.67. The first-order chi connectivity index (χ1) is 12.5. The topological polar surface area (TPSA) is 55.4 Å². The molecule has 1 aromatic heterocycles. The molecule has 1 aromatic carbocycles. The van der Waals surface area contributed by atoms with Crippen LogP contribution in [0.5, 0.6) is 0 Å². The maximum atomic E-state index is 12.6. The molecule has 26 heavy (non-hydrogen) atoms. The summed E-state index contributed by atoms with van der Waals surface area (Å²) >= 11 is 1.37. The van der Waals surface area contributed by atoms with Crippen molar-refractivity contribution >= 4 is 28.2 Å². The number of carbonyl (C=O) groups excluding carboxylic acids is 2. The van der Waals surface area contributed by atoms with E-state index in [1.54, 1.807) is 0 Å². The first-order valence-electron chi connectivity index (χ1n) is 9.09. The minimum absolute atomic E-state index is 0.0246. The fourth-order valence-electron chi connectivity index (χ4n) is 2.89. The van der Waals surface area contributed by atoms with Crippen LogP contribution in [0, 0.1) is 12.8 Å². The lowest BCUT2D eigenvalue weighted by Crippen LogP contribution is -2.23. The summed E-state index contributed by atoms with van der Waals surface area (Å²) in [6.45, 7) is 6.16. The van der Waals surface area contributed by atoms with Crippen LogP contribution < -0.4 is 5.32 Å². The molecule has 0 aliphatic carbocycles. The summed E-state index contributed by atoms with van der Waals surface area (Å²) in [6.07, 6.45) is 3.74. The van der Waals surface area contributed by atoms with Crippen LogP contribution in [0.2, 0.25) is 0 Å². The van der Waals surface area contributed by atoms with Crippen LogP contribution in [-0.4, -0.2) is 19.0 Å². The second kappa shape index (κ2) is 9.53. The number of anilines is 1. The quantitative estimate of drug-likeness (QED) is 0.607. The van der Waals surface area contributed by atoms with Crippen molar-refractivity contribution in [1.29, 1.82) is 0 Å². The lowest BCUT2D eigenvalue weighted by Gasteiger charge is -2.14. The first-order valence-corrected chi connectivity index (χ1v) is 9.97. The van der Waals surface area contributed by atoms with Gasteiger partial charge in [0.05, 0.1) is 7.11 Å². The third-order valence-electron chi connectivity index (χ3n) is 4.55. The normalized spacial score (nSPS) is 11.8. The molecular formula is C21H27NO3S. The number of nitrogens with one attached hydrogen (secondary N) is 1. The van der Waals surface area contributed by atoms with Gasteiger partial charge in [-0.2, -0.15) is 0 Å². The van der Waals surface area contributed by atoms with Gasteiger partial charge in [0, 0.05) is 16.9 Å². The maximum Gasteiger partial charge on any atom is 0.341 e. The largest absolute Gasteiger partial charge is 0.465 e. The van der Waals surface area contributed by atoms with E-state index >= 15 is 0 Å². The summed E-state index contributed by atoms with van der Waals surface area (Å²) in [5.74, 6) is -0.493. The molecule has 4 nitrogen and oxygen atoms in total. The summed E-state index contributed by atoms with van der Waals surface area (Å²) in [5.41, 5.74) is 3.31. The number of aryl methyl sites for hydroxylation is 1.